The lowest BCUT2D eigenvalue weighted by molar-refractivity contribution is -0.130. The summed E-state index contributed by atoms with van der Waals surface area (Å²) in [5.41, 5.74) is 1.64. The van der Waals surface area contributed by atoms with Gasteiger partial charge in [-0.2, -0.15) is 4.98 Å². The molecule has 3 aromatic rings. The van der Waals surface area contributed by atoms with Crippen LogP contribution in [0.25, 0.3) is 11.4 Å². The third-order valence-electron chi connectivity index (χ3n) is 3.84. The summed E-state index contributed by atoms with van der Waals surface area (Å²) >= 11 is 5.95. The topological polar surface area (TPSA) is 68.5 Å². The lowest BCUT2D eigenvalue weighted by Gasteiger charge is -2.14. The molecule has 2 aromatic carbocycles. The third-order valence-corrected chi connectivity index (χ3v) is 4.07. The fourth-order valence-corrected chi connectivity index (χ4v) is 2.66. The average Bonchev–Trinajstić information content (AvgIpc) is 3.10. The second-order valence-corrected chi connectivity index (χ2v) is 6.24. The van der Waals surface area contributed by atoms with Crippen molar-refractivity contribution in [3.63, 3.8) is 0 Å². The molecule has 0 aliphatic carbocycles. The number of ether oxygens (including phenoxy) is 1. The average molecular weight is 372 g/mol. The van der Waals surface area contributed by atoms with Crippen LogP contribution in [0.4, 0.5) is 0 Å². The highest BCUT2D eigenvalue weighted by molar-refractivity contribution is 6.30. The van der Waals surface area contributed by atoms with Crippen LogP contribution in [0.2, 0.25) is 5.02 Å². The van der Waals surface area contributed by atoms with E-state index in [4.69, 9.17) is 20.9 Å². The molecule has 26 heavy (non-hydrogen) atoms. The highest BCUT2D eigenvalue weighted by Crippen LogP contribution is 2.21. The fourth-order valence-electron chi connectivity index (χ4n) is 2.45. The van der Waals surface area contributed by atoms with Crippen molar-refractivity contribution in [2.45, 2.75) is 13.0 Å². The Morgan fingerprint density at radius 3 is 2.81 bits per heavy atom. The van der Waals surface area contributed by atoms with Gasteiger partial charge in [0.15, 0.2) is 0 Å². The standard InChI is InChI=1S/C19H18ClN3O3/c1-23(18(24)10-13-5-3-7-15(20)9-13)12-17-21-19(22-26-17)14-6-4-8-16(11-14)25-2/h3-9,11H,10,12H2,1-2H3. The molecule has 1 heterocycles. The van der Waals surface area contributed by atoms with Crippen molar-refractivity contribution >= 4 is 17.5 Å². The molecule has 0 spiro atoms. The molecule has 1 aromatic heterocycles. The largest absolute Gasteiger partial charge is 0.497 e. The van der Waals surface area contributed by atoms with Gasteiger partial charge < -0.3 is 14.2 Å². The summed E-state index contributed by atoms with van der Waals surface area (Å²) < 4.78 is 10.5. The zero-order valence-corrected chi connectivity index (χ0v) is 15.2. The van der Waals surface area contributed by atoms with E-state index in [1.54, 1.807) is 31.2 Å². The predicted octanol–water partition coefficient (Wildman–Crippen LogP) is 3.60. The van der Waals surface area contributed by atoms with E-state index in [0.29, 0.717) is 22.5 Å². The Balaban J connectivity index is 1.65. The first-order chi connectivity index (χ1) is 12.5. The van der Waals surface area contributed by atoms with Crippen molar-refractivity contribution < 1.29 is 14.1 Å². The molecule has 0 N–H and O–H groups in total. The van der Waals surface area contributed by atoms with Crippen LogP contribution >= 0.6 is 11.6 Å². The van der Waals surface area contributed by atoms with E-state index >= 15 is 0 Å². The first kappa shape index (κ1) is 17.9. The minimum absolute atomic E-state index is 0.0617. The van der Waals surface area contributed by atoms with Crippen molar-refractivity contribution in [1.29, 1.82) is 0 Å². The smallest absolute Gasteiger partial charge is 0.246 e. The molecule has 0 aliphatic rings. The summed E-state index contributed by atoms with van der Waals surface area (Å²) in [5, 5.41) is 4.58. The summed E-state index contributed by atoms with van der Waals surface area (Å²) in [6.45, 7) is 0.233. The van der Waals surface area contributed by atoms with E-state index in [-0.39, 0.29) is 18.9 Å². The zero-order valence-electron chi connectivity index (χ0n) is 14.5. The number of rotatable bonds is 6. The van der Waals surface area contributed by atoms with Crippen molar-refractivity contribution in [3.05, 3.63) is 65.0 Å². The quantitative estimate of drug-likeness (QED) is 0.662. The van der Waals surface area contributed by atoms with Gasteiger partial charge in [0.05, 0.1) is 20.1 Å². The molecule has 0 radical (unpaired) electrons. The lowest BCUT2D eigenvalue weighted by atomic mass is 10.1. The second kappa shape index (κ2) is 8.01. The van der Waals surface area contributed by atoms with Crippen LogP contribution in [0, 0.1) is 0 Å². The molecule has 3 rings (SSSR count). The van der Waals surface area contributed by atoms with Gasteiger partial charge in [-0.05, 0) is 29.8 Å². The number of carbonyl (C=O) groups is 1. The van der Waals surface area contributed by atoms with Gasteiger partial charge in [-0.3, -0.25) is 4.79 Å². The van der Waals surface area contributed by atoms with Crippen LogP contribution in [0.1, 0.15) is 11.5 Å². The Kier molecular flexibility index (Phi) is 5.53. The molecule has 0 aliphatic heterocycles. The number of nitrogens with zero attached hydrogens (tertiary/aromatic N) is 3. The van der Waals surface area contributed by atoms with Crippen LogP contribution in [0.15, 0.2) is 53.1 Å². The van der Waals surface area contributed by atoms with Gasteiger partial charge in [-0.25, -0.2) is 0 Å². The Morgan fingerprint density at radius 1 is 1.23 bits per heavy atom. The Hall–Kier alpha value is -2.86. The summed E-state index contributed by atoms with van der Waals surface area (Å²) in [4.78, 5) is 18.3. The van der Waals surface area contributed by atoms with Crippen LogP contribution in [-0.4, -0.2) is 35.1 Å². The van der Waals surface area contributed by atoms with Gasteiger partial charge in [0.25, 0.3) is 0 Å². The Bertz CT molecular complexity index is 910. The molecular formula is C19H18ClN3O3. The molecule has 7 heteroatoms. The van der Waals surface area contributed by atoms with Gasteiger partial charge >= 0.3 is 0 Å². The minimum Gasteiger partial charge on any atom is -0.497 e. The maximum absolute atomic E-state index is 12.4. The number of benzene rings is 2. The molecule has 134 valence electrons. The first-order valence-corrected chi connectivity index (χ1v) is 8.38. The van der Waals surface area contributed by atoms with E-state index in [0.717, 1.165) is 11.1 Å². The van der Waals surface area contributed by atoms with Gasteiger partial charge in [-0.15, -0.1) is 0 Å². The monoisotopic (exact) mass is 371 g/mol. The SMILES string of the molecule is COc1cccc(-c2noc(CN(C)C(=O)Cc3cccc(Cl)c3)n2)c1. The number of hydrogen-bond donors (Lipinski definition) is 0. The van der Waals surface area contributed by atoms with Crippen LogP contribution < -0.4 is 4.74 Å². The third kappa shape index (κ3) is 4.40. The predicted molar refractivity (Wildman–Crippen MR) is 97.9 cm³/mol. The first-order valence-electron chi connectivity index (χ1n) is 8.00. The van der Waals surface area contributed by atoms with Crippen LogP contribution in [-0.2, 0) is 17.8 Å². The van der Waals surface area contributed by atoms with E-state index in [9.17, 15) is 4.79 Å². The molecule has 0 saturated heterocycles. The molecule has 6 nitrogen and oxygen atoms in total. The lowest BCUT2D eigenvalue weighted by Crippen LogP contribution is -2.27. The van der Waals surface area contributed by atoms with Crippen molar-refractivity contribution in [2.24, 2.45) is 0 Å². The number of likely N-dealkylation sites (N-methyl/N-ethyl adjacent to an activating group) is 1. The second-order valence-electron chi connectivity index (χ2n) is 5.80. The molecule has 0 atom stereocenters. The van der Waals surface area contributed by atoms with Crippen LogP contribution in [0.5, 0.6) is 5.75 Å². The number of halogens is 1. The number of methoxy groups -OCH3 is 1. The molecular weight excluding hydrogens is 354 g/mol. The molecule has 1 amide bonds. The van der Waals surface area contributed by atoms with E-state index < -0.39 is 0 Å². The number of amides is 1. The summed E-state index contributed by atoms with van der Waals surface area (Å²) in [5.74, 6) is 1.47. The molecule has 0 unspecified atom stereocenters. The molecule has 0 saturated carbocycles. The maximum Gasteiger partial charge on any atom is 0.246 e. The summed E-state index contributed by atoms with van der Waals surface area (Å²) in [7, 11) is 3.30. The van der Waals surface area contributed by atoms with Gasteiger partial charge in [0.2, 0.25) is 17.6 Å². The van der Waals surface area contributed by atoms with Gasteiger partial charge in [0.1, 0.15) is 5.75 Å². The minimum atomic E-state index is -0.0617. The number of carbonyl (C=O) groups excluding carboxylic acids is 1. The van der Waals surface area contributed by atoms with Gasteiger partial charge in [0, 0.05) is 17.6 Å². The van der Waals surface area contributed by atoms with Gasteiger partial charge in [-0.1, -0.05) is 41.0 Å². The summed E-state index contributed by atoms with van der Waals surface area (Å²) in [6, 6.07) is 14.6. The number of hydrogen-bond acceptors (Lipinski definition) is 5. The van der Waals surface area contributed by atoms with Crippen LogP contribution in [0.3, 0.4) is 0 Å². The van der Waals surface area contributed by atoms with E-state index in [1.165, 1.54) is 0 Å². The zero-order chi connectivity index (χ0) is 18.5. The molecule has 0 fully saturated rings. The van der Waals surface area contributed by atoms with E-state index in [2.05, 4.69) is 10.1 Å². The number of aromatic nitrogens is 2. The van der Waals surface area contributed by atoms with Crippen molar-refractivity contribution in [1.82, 2.24) is 15.0 Å². The van der Waals surface area contributed by atoms with Crippen molar-refractivity contribution in [2.75, 3.05) is 14.2 Å². The van der Waals surface area contributed by atoms with E-state index in [1.807, 2.05) is 36.4 Å². The molecule has 0 bridgehead atoms. The normalized spacial score (nSPS) is 10.6. The Morgan fingerprint density at radius 2 is 2.04 bits per heavy atom. The summed E-state index contributed by atoms with van der Waals surface area (Å²) in [6.07, 6.45) is 0.258. The fraction of sp³-hybridized carbons (Fsp3) is 0.211. The highest BCUT2D eigenvalue weighted by atomic mass is 35.5. The maximum atomic E-state index is 12.4. The highest BCUT2D eigenvalue weighted by Gasteiger charge is 2.15. The Labute approximate surface area is 156 Å². The van der Waals surface area contributed by atoms with Crippen molar-refractivity contribution in [3.8, 4) is 17.1 Å².